The predicted molar refractivity (Wildman–Crippen MR) is 83.9 cm³/mol. The van der Waals surface area contributed by atoms with Crippen LogP contribution in [0.4, 0.5) is 26.2 Å². The smallest absolute Gasteiger partial charge is 0.326 e. The maximum atomic E-state index is 13.2. The molecule has 0 aliphatic carbocycles. The molecule has 2 amide bonds. The fourth-order valence-corrected chi connectivity index (χ4v) is 1.98. The number of benzene rings is 2. The number of nitrogens with two attached hydrogens (primary N) is 1. The number of carbonyl (C=O) groups excluding carboxylic acids is 1. The van der Waals surface area contributed by atoms with E-state index in [9.17, 15) is 9.18 Å². The van der Waals surface area contributed by atoms with Gasteiger partial charge in [0, 0.05) is 23.6 Å². The second-order valence-corrected chi connectivity index (χ2v) is 4.68. The Morgan fingerprint density at radius 2 is 1.95 bits per heavy atom. The number of carbonyl (C=O) groups is 1. The molecule has 4 nitrogen and oxygen atoms in total. The number of anilines is 3. The third kappa shape index (κ3) is 3.95. The summed E-state index contributed by atoms with van der Waals surface area (Å²) in [5.74, 6) is -0.387. The van der Waals surface area contributed by atoms with Crippen LogP contribution < -0.4 is 16.0 Å². The molecular weight excluding hydrogens is 269 g/mol. The molecule has 0 bridgehead atoms. The van der Waals surface area contributed by atoms with Crippen LogP contribution in [0, 0.1) is 5.82 Å². The van der Waals surface area contributed by atoms with Gasteiger partial charge in [0.25, 0.3) is 0 Å². The maximum absolute atomic E-state index is 13.2. The Morgan fingerprint density at radius 3 is 2.57 bits per heavy atom. The maximum Gasteiger partial charge on any atom is 0.326 e. The highest BCUT2D eigenvalue weighted by Gasteiger charge is 2.15. The van der Waals surface area contributed by atoms with Gasteiger partial charge >= 0.3 is 6.03 Å². The van der Waals surface area contributed by atoms with Crippen molar-refractivity contribution in [1.29, 1.82) is 0 Å². The van der Waals surface area contributed by atoms with E-state index in [0.29, 0.717) is 17.9 Å². The summed E-state index contributed by atoms with van der Waals surface area (Å²) in [5.41, 5.74) is 7.47. The van der Waals surface area contributed by atoms with E-state index in [-0.39, 0.29) is 11.8 Å². The lowest BCUT2D eigenvalue weighted by Gasteiger charge is -2.23. The first-order valence-corrected chi connectivity index (χ1v) is 6.80. The summed E-state index contributed by atoms with van der Waals surface area (Å²) in [7, 11) is 0. The van der Waals surface area contributed by atoms with Gasteiger partial charge in [0.15, 0.2) is 0 Å². The molecule has 21 heavy (non-hydrogen) atoms. The van der Waals surface area contributed by atoms with E-state index in [1.165, 1.54) is 12.1 Å². The van der Waals surface area contributed by atoms with Crippen molar-refractivity contribution in [3.63, 3.8) is 0 Å². The molecule has 0 aliphatic heterocycles. The van der Waals surface area contributed by atoms with E-state index < -0.39 is 0 Å². The molecule has 0 heterocycles. The van der Waals surface area contributed by atoms with Gasteiger partial charge in [-0.25, -0.2) is 9.18 Å². The van der Waals surface area contributed by atoms with Crippen LogP contribution in [0.25, 0.3) is 0 Å². The van der Waals surface area contributed by atoms with Crippen molar-refractivity contribution >= 4 is 23.1 Å². The molecule has 0 spiro atoms. The van der Waals surface area contributed by atoms with E-state index in [2.05, 4.69) is 5.32 Å². The lowest BCUT2D eigenvalue weighted by atomic mass is 10.2. The zero-order valence-electron chi connectivity index (χ0n) is 11.8. The Kier molecular flexibility index (Phi) is 4.77. The number of nitrogen functional groups attached to an aromatic ring is 1. The number of rotatable bonds is 4. The second kappa shape index (κ2) is 6.74. The summed E-state index contributed by atoms with van der Waals surface area (Å²) in [4.78, 5) is 14.0. The van der Waals surface area contributed by atoms with Crippen LogP contribution in [-0.4, -0.2) is 12.6 Å². The molecule has 0 aliphatic rings. The standard InChI is InChI=1S/C16H18FN3O/c1-2-10-20(15-8-6-13(18)7-9-15)16(21)19-14-5-3-4-12(17)11-14/h3-9,11H,2,10,18H2,1H3,(H,19,21). The van der Waals surface area contributed by atoms with Crippen LogP contribution >= 0.6 is 0 Å². The van der Waals surface area contributed by atoms with Gasteiger partial charge in [-0.3, -0.25) is 4.90 Å². The summed E-state index contributed by atoms with van der Waals surface area (Å²) >= 11 is 0. The van der Waals surface area contributed by atoms with Crippen LogP contribution in [0.15, 0.2) is 48.5 Å². The lowest BCUT2D eigenvalue weighted by molar-refractivity contribution is 0.257. The van der Waals surface area contributed by atoms with Crippen LogP contribution in [0.5, 0.6) is 0 Å². The third-order valence-electron chi connectivity index (χ3n) is 2.97. The van der Waals surface area contributed by atoms with Crippen LogP contribution in [0.2, 0.25) is 0 Å². The van der Waals surface area contributed by atoms with Crippen molar-refractivity contribution in [2.45, 2.75) is 13.3 Å². The summed E-state index contributed by atoms with van der Waals surface area (Å²) in [6.45, 7) is 2.55. The fraction of sp³-hybridized carbons (Fsp3) is 0.188. The van der Waals surface area contributed by atoms with Gasteiger partial charge in [-0.1, -0.05) is 13.0 Å². The van der Waals surface area contributed by atoms with E-state index in [4.69, 9.17) is 5.73 Å². The highest BCUT2D eigenvalue weighted by molar-refractivity contribution is 6.01. The molecular formula is C16H18FN3O. The number of amides is 2. The SMILES string of the molecule is CCCN(C(=O)Nc1cccc(F)c1)c1ccc(N)cc1. The topological polar surface area (TPSA) is 58.4 Å². The molecule has 0 unspecified atom stereocenters. The lowest BCUT2D eigenvalue weighted by Crippen LogP contribution is -2.35. The summed E-state index contributed by atoms with van der Waals surface area (Å²) in [6, 6.07) is 12.6. The van der Waals surface area contributed by atoms with Gasteiger partial charge in [-0.2, -0.15) is 0 Å². The van der Waals surface area contributed by atoms with Crippen molar-refractivity contribution in [2.75, 3.05) is 22.5 Å². The molecule has 0 fully saturated rings. The highest BCUT2D eigenvalue weighted by Crippen LogP contribution is 2.18. The Morgan fingerprint density at radius 1 is 1.24 bits per heavy atom. The van der Waals surface area contributed by atoms with Gasteiger partial charge in [-0.05, 0) is 48.9 Å². The molecule has 0 radical (unpaired) electrons. The molecule has 2 rings (SSSR count). The predicted octanol–water partition coefficient (Wildman–Crippen LogP) is 3.86. The first-order valence-electron chi connectivity index (χ1n) is 6.80. The molecule has 0 atom stereocenters. The van der Waals surface area contributed by atoms with Gasteiger partial charge in [0.2, 0.25) is 0 Å². The summed E-state index contributed by atoms with van der Waals surface area (Å²) in [5, 5.41) is 2.70. The monoisotopic (exact) mass is 287 g/mol. The van der Waals surface area contributed by atoms with Gasteiger partial charge < -0.3 is 11.1 Å². The normalized spacial score (nSPS) is 10.2. The number of nitrogens with zero attached hydrogens (tertiary/aromatic N) is 1. The zero-order valence-corrected chi connectivity index (χ0v) is 11.8. The minimum atomic E-state index is -0.387. The molecule has 2 aromatic carbocycles. The van der Waals surface area contributed by atoms with Crippen LogP contribution in [0.3, 0.4) is 0 Å². The molecule has 5 heteroatoms. The first-order chi connectivity index (χ1) is 10.1. The number of nitrogens with one attached hydrogen (secondary N) is 1. The number of hydrogen-bond acceptors (Lipinski definition) is 2. The molecule has 0 aromatic heterocycles. The molecule has 110 valence electrons. The van der Waals surface area contributed by atoms with Crippen molar-refractivity contribution in [3.05, 3.63) is 54.3 Å². The largest absolute Gasteiger partial charge is 0.399 e. The van der Waals surface area contributed by atoms with Crippen LogP contribution in [0.1, 0.15) is 13.3 Å². The summed E-state index contributed by atoms with van der Waals surface area (Å²) in [6.07, 6.45) is 0.806. The summed E-state index contributed by atoms with van der Waals surface area (Å²) < 4.78 is 13.2. The van der Waals surface area contributed by atoms with Gasteiger partial charge in [0.1, 0.15) is 5.82 Å². The number of urea groups is 1. The Labute approximate surface area is 123 Å². The van der Waals surface area contributed by atoms with Crippen molar-refractivity contribution in [3.8, 4) is 0 Å². The molecule has 2 aromatic rings. The van der Waals surface area contributed by atoms with Crippen LogP contribution in [-0.2, 0) is 0 Å². The van der Waals surface area contributed by atoms with E-state index in [1.54, 1.807) is 41.3 Å². The van der Waals surface area contributed by atoms with E-state index in [0.717, 1.165) is 12.1 Å². The number of hydrogen-bond donors (Lipinski definition) is 2. The third-order valence-corrected chi connectivity index (χ3v) is 2.97. The second-order valence-electron chi connectivity index (χ2n) is 4.68. The van der Waals surface area contributed by atoms with Gasteiger partial charge in [-0.15, -0.1) is 0 Å². The highest BCUT2D eigenvalue weighted by atomic mass is 19.1. The van der Waals surface area contributed by atoms with E-state index in [1.807, 2.05) is 6.92 Å². The van der Waals surface area contributed by atoms with Gasteiger partial charge in [0.05, 0.1) is 0 Å². The average Bonchev–Trinajstić information content (AvgIpc) is 2.46. The van der Waals surface area contributed by atoms with Crippen molar-refractivity contribution in [1.82, 2.24) is 0 Å². The van der Waals surface area contributed by atoms with Crippen molar-refractivity contribution < 1.29 is 9.18 Å². The van der Waals surface area contributed by atoms with Crippen molar-refractivity contribution in [2.24, 2.45) is 0 Å². The Hall–Kier alpha value is -2.56. The molecule has 3 N–H and O–H groups in total. The Bertz CT molecular complexity index is 613. The first kappa shape index (κ1) is 14.8. The minimum Gasteiger partial charge on any atom is -0.399 e. The Balaban J connectivity index is 2.17. The molecule has 0 saturated carbocycles. The fourth-order valence-electron chi connectivity index (χ4n) is 1.98. The minimum absolute atomic E-state index is 0.299. The number of halogens is 1. The zero-order chi connectivity index (χ0) is 15.2. The molecule has 0 saturated heterocycles. The quantitative estimate of drug-likeness (QED) is 0.839. The van der Waals surface area contributed by atoms with E-state index >= 15 is 0 Å². The average molecular weight is 287 g/mol.